The average Bonchev–Trinajstić information content (AvgIpc) is 2.38. The molecule has 5 nitrogen and oxygen atoms in total. The van der Waals surface area contributed by atoms with Gasteiger partial charge in [0.2, 0.25) is 0 Å². The summed E-state index contributed by atoms with van der Waals surface area (Å²) in [6.07, 6.45) is 0. The van der Waals surface area contributed by atoms with Crippen molar-refractivity contribution in [3.63, 3.8) is 0 Å². The average molecular weight is 258 g/mol. The third kappa shape index (κ3) is 2.84. The van der Waals surface area contributed by atoms with Gasteiger partial charge in [0.05, 0.1) is 11.0 Å². The quantitative estimate of drug-likeness (QED) is 0.624. The molecule has 0 aliphatic rings. The second kappa shape index (κ2) is 5.14. The second-order valence-electron chi connectivity index (χ2n) is 3.61. The molecule has 6 heteroatoms. The van der Waals surface area contributed by atoms with Crippen LogP contribution < -0.4 is 4.74 Å². The summed E-state index contributed by atoms with van der Waals surface area (Å²) < 4.78 is 18.3. The Morgan fingerprint density at radius 2 is 1.95 bits per heavy atom. The molecule has 0 amide bonds. The smallest absolute Gasteiger partial charge is 0.290 e. The summed E-state index contributed by atoms with van der Waals surface area (Å²) in [6, 6.07) is 10.9. The van der Waals surface area contributed by atoms with E-state index < -0.39 is 10.7 Å². The zero-order valence-electron chi connectivity index (χ0n) is 9.54. The summed E-state index contributed by atoms with van der Waals surface area (Å²) in [5, 5.41) is 19.5. The fraction of sp³-hybridized carbons (Fsp3) is 0. The zero-order chi connectivity index (χ0) is 13.8. The van der Waals surface area contributed by atoms with Crippen LogP contribution in [0.2, 0.25) is 0 Å². The van der Waals surface area contributed by atoms with Gasteiger partial charge in [-0.1, -0.05) is 6.07 Å². The molecule has 0 saturated heterocycles. The molecule has 0 saturated carbocycles. The van der Waals surface area contributed by atoms with Crippen LogP contribution >= 0.6 is 0 Å². The maximum Gasteiger partial charge on any atom is 0.290 e. The van der Waals surface area contributed by atoms with Crippen LogP contribution in [0.1, 0.15) is 5.56 Å². The van der Waals surface area contributed by atoms with Crippen molar-refractivity contribution >= 4 is 5.69 Å². The highest BCUT2D eigenvalue weighted by atomic mass is 19.1. The Morgan fingerprint density at radius 3 is 2.58 bits per heavy atom. The van der Waals surface area contributed by atoms with E-state index in [9.17, 15) is 14.5 Å². The monoisotopic (exact) mass is 258 g/mol. The molecule has 0 aromatic heterocycles. The predicted molar refractivity (Wildman–Crippen MR) is 64.3 cm³/mol. The molecule has 2 aromatic carbocycles. The van der Waals surface area contributed by atoms with Crippen LogP contribution in [0.5, 0.6) is 11.5 Å². The van der Waals surface area contributed by atoms with Gasteiger partial charge in [-0.25, -0.2) is 4.39 Å². The highest BCUT2D eigenvalue weighted by Crippen LogP contribution is 2.28. The maximum atomic E-state index is 13.0. The molecular formula is C13H7FN2O3. The molecule has 0 aliphatic carbocycles. The van der Waals surface area contributed by atoms with Crippen LogP contribution in [-0.4, -0.2) is 4.92 Å². The number of ether oxygens (including phenoxy) is 1. The van der Waals surface area contributed by atoms with Crippen LogP contribution in [0, 0.1) is 27.3 Å². The first-order chi connectivity index (χ1) is 9.10. The van der Waals surface area contributed by atoms with Crippen molar-refractivity contribution < 1.29 is 14.1 Å². The highest BCUT2D eigenvalue weighted by molar-refractivity contribution is 5.53. The van der Waals surface area contributed by atoms with Crippen LogP contribution in [0.3, 0.4) is 0 Å². The van der Waals surface area contributed by atoms with Crippen molar-refractivity contribution in [1.82, 2.24) is 0 Å². The molecule has 0 spiro atoms. The number of hydrogen-bond acceptors (Lipinski definition) is 4. The predicted octanol–water partition coefficient (Wildman–Crippen LogP) is 3.40. The number of rotatable bonds is 3. The zero-order valence-corrected chi connectivity index (χ0v) is 9.54. The van der Waals surface area contributed by atoms with Gasteiger partial charge in [-0.3, -0.25) is 10.1 Å². The van der Waals surface area contributed by atoms with E-state index in [1.165, 1.54) is 30.3 Å². The number of hydrogen-bond donors (Lipinski definition) is 0. The van der Waals surface area contributed by atoms with Gasteiger partial charge in [-0.05, 0) is 24.3 Å². The van der Waals surface area contributed by atoms with Crippen molar-refractivity contribution in [2.75, 3.05) is 0 Å². The summed E-state index contributed by atoms with van der Waals surface area (Å²) in [5.41, 5.74) is -0.409. The first-order valence-electron chi connectivity index (χ1n) is 5.22. The summed E-state index contributed by atoms with van der Waals surface area (Å²) in [5.74, 6) is -0.0871. The molecule has 0 fully saturated rings. The third-order valence-corrected chi connectivity index (χ3v) is 2.32. The molecule has 0 atom stereocenters. The van der Waals surface area contributed by atoms with Gasteiger partial charge in [0.15, 0.2) is 0 Å². The first-order valence-corrected chi connectivity index (χ1v) is 5.22. The van der Waals surface area contributed by atoms with E-state index in [1.807, 2.05) is 0 Å². The fourth-order valence-electron chi connectivity index (χ4n) is 1.49. The lowest BCUT2D eigenvalue weighted by molar-refractivity contribution is -0.385. The molecule has 0 bridgehead atoms. The van der Waals surface area contributed by atoms with E-state index >= 15 is 0 Å². The number of nitro benzene ring substituents is 1. The van der Waals surface area contributed by atoms with Gasteiger partial charge in [0.25, 0.3) is 5.69 Å². The number of nitrogens with zero attached hydrogens (tertiary/aromatic N) is 2. The second-order valence-corrected chi connectivity index (χ2v) is 3.61. The highest BCUT2D eigenvalue weighted by Gasteiger charge is 2.15. The molecule has 0 N–H and O–H groups in total. The number of halogens is 1. The van der Waals surface area contributed by atoms with E-state index in [0.29, 0.717) is 0 Å². The van der Waals surface area contributed by atoms with Crippen molar-refractivity contribution in [3.05, 3.63) is 64.0 Å². The fourth-order valence-corrected chi connectivity index (χ4v) is 1.49. The third-order valence-electron chi connectivity index (χ3n) is 2.32. The minimum absolute atomic E-state index is 0.0587. The number of nitro groups is 1. The molecule has 0 radical (unpaired) electrons. The molecule has 19 heavy (non-hydrogen) atoms. The molecule has 2 aromatic rings. The maximum absolute atomic E-state index is 13.0. The van der Waals surface area contributed by atoms with Crippen LogP contribution in [0.4, 0.5) is 10.1 Å². The minimum Gasteiger partial charge on any atom is -0.457 e. The van der Waals surface area contributed by atoms with E-state index in [-0.39, 0.29) is 22.7 Å². The van der Waals surface area contributed by atoms with E-state index in [2.05, 4.69) is 0 Å². The Bertz CT molecular complexity index is 680. The van der Waals surface area contributed by atoms with E-state index in [1.54, 1.807) is 6.07 Å². The first kappa shape index (κ1) is 12.5. The molecule has 2 rings (SSSR count). The molecule has 0 unspecified atom stereocenters. The summed E-state index contributed by atoms with van der Waals surface area (Å²) >= 11 is 0. The molecule has 0 aliphatic heterocycles. The lowest BCUT2D eigenvalue weighted by atomic mass is 10.2. The van der Waals surface area contributed by atoms with Gasteiger partial charge in [-0.15, -0.1) is 0 Å². The Labute approximate surface area is 107 Å². The van der Waals surface area contributed by atoms with Crippen LogP contribution in [0.25, 0.3) is 0 Å². The van der Waals surface area contributed by atoms with Gasteiger partial charge in [-0.2, -0.15) is 5.26 Å². The number of nitriles is 1. The summed E-state index contributed by atoms with van der Waals surface area (Å²) in [4.78, 5) is 10.1. The Hall–Kier alpha value is -2.94. The lowest BCUT2D eigenvalue weighted by Gasteiger charge is -2.05. The molecular weight excluding hydrogens is 251 g/mol. The molecule has 94 valence electrons. The van der Waals surface area contributed by atoms with E-state index in [4.69, 9.17) is 10.00 Å². The molecule has 0 heterocycles. The Morgan fingerprint density at radius 1 is 1.21 bits per heavy atom. The van der Waals surface area contributed by atoms with Gasteiger partial charge in [0, 0.05) is 6.07 Å². The number of benzene rings is 2. The lowest BCUT2D eigenvalue weighted by Crippen LogP contribution is -1.93. The Kier molecular flexibility index (Phi) is 3.39. The SMILES string of the molecule is N#Cc1ccc(Oc2cccc(F)c2)cc1[N+](=O)[O-]. The van der Waals surface area contributed by atoms with Gasteiger partial charge < -0.3 is 4.74 Å². The minimum atomic E-state index is -0.670. The van der Waals surface area contributed by atoms with Gasteiger partial charge >= 0.3 is 0 Å². The standard InChI is InChI=1S/C13H7FN2O3/c14-10-2-1-3-11(6-10)19-12-5-4-9(8-15)13(7-12)16(17)18/h1-7H. The van der Waals surface area contributed by atoms with Crippen molar-refractivity contribution in [1.29, 1.82) is 5.26 Å². The van der Waals surface area contributed by atoms with E-state index in [0.717, 1.165) is 12.1 Å². The van der Waals surface area contributed by atoms with Gasteiger partial charge in [0.1, 0.15) is 28.9 Å². The van der Waals surface area contributed by atoms with Crippen molar-refractivity contribution in [3.8, 4) is 17.6 Å². The van der Waals surface area contributed by atoms with Crippen LogP contribution in [0.15, 0.2) is 42.5 Å². The van der Waals surface area contributed by atoms with Crippen molar-refractivity contribution in [2.45, 2.75) is 0 Å². The van der Waals surface area contributed by atoms with Crippen LogP contribution in [-0.2, 0) is 0 Å². The Balaban J connectivity index is 2.34. The summed E-state index contributed by atoms with van der Waals surface area (Å²) in [7, 11) is 0. The normalized spacial score (nSPS) is 9.68. The summed E-state index contributed by atoms with van der Waals surface area (Å²) in [6.45, 7) is 0. The largest absolute Gasteiger partial charge is 0.457 e. The topological polar surface area (TPSA) is 76.2 Å². The van der Waals surface area contributed by atoms with Crippen molar-refractivity contribution in [2.24, 2.45) is 0 Å².